The zero-order chi connectivity index (χ0) is 25.1. The fourth-order valence-corrected chi connectivity index (χ4v) is 4.13. The lowest BCUT2D eigenvalue weighted by atomic mass is 10.0. The van der Waals surface area contributed by atoms with Gasteiger partial charge in [0.15, 0.2) is 0 Å². The van der Waals surface area contributed by atoms with Crippen LogP contribution < -0.4 is 10.2 Å². The molecule has 0 atom stereocenters. The minimum atomic E-state index is -0.622. The van der Waals surface area contributed by atoms with Gasteiger partial charge in [-0.05, 0) is 57.0 Å². The van der Waals surface area contributed by atoms with Gasteiger partial charge in [-0.25, -0.2) is 4.98 Å². The van der Waals surface area contributed by atoms with Crippen molar-refractivity contribution in [2.24, 2.45) is 0 Å². The minimum absolute atomic E-state index is 0.0551. The number of hydrogen-bond acceptors (Lipinski definition) is 5. The van der Waals surface area contributed by atoms with Crippen molar-refractivity contribution >= 4 is 44.6 Å². The number of hydrogen-bond donors (Lipinski definition) is 0. The SMILES string of the molecule is O=C(/C=C(\[O-])c1cccc2ccccc12)c1cccc(C(=O)/C=C(\[O-])c2cccc3ccccc23)n1. The third-order valence-corrected chi connectivity index (χ3v) is 5.89. The molecule has 36 heavy (non-hydrogen) atoms. The first kappa shape index (κ1) is 22.7. The van der Waals surface area contributed by atoms with Crippen molar-refractivity contribution in [2.75, 3.05) is 0 Å². The predicted molar refractivity (Wildman–Crippen MR) is 137 cm³/mol. The summed E-state index contributed by atoms with van der Waals surface area (Å²) in [6.07, 6.45) is 1.95. The largest absolute Gasteiger partial charge is 0.872 e. The van der Waals surface area contributed by atoms with Gasteiger partial charge in [0.1, 0.15) is 11.4 Å². The highest BCUT2D eigenvalue weighted by Crippen LogP contribution is 2.24. The topological polar surface area (TPSA) is 93.1 Å². The van der Waals surface area contributed by atoms with Gasteiger partial charge in [0.2, 0.25) is 11.6 Å². The molecule has 0 amide bonds. The van der Waals surface area contributed by atoms with Crippen LogP contribution in [0.25, 0.3) is 33.1 Å². The van der Waals surface area contributed by atoms with Gasteiger partial charge in [-0.3, -0.25) is 9.59 Å². The number of aromatic nitrogens is 1. The molecule has 174 valence electrons. The van der Waals surface area contributed by atoms with E-state index < -0.39 is 23.1 Å². The number of rotatable bonds is 6. The van der Waals surface area contributed by atoms with Crippen molar-refractivity contribution < 1.29 is 19.8 Å². The smallest absolute Gasteiger partial charge is 0.203 e. The Labute approximate surface area is 207 Å². The molecule has 5 aromatic rings. The molecule has 1 heterocycles. The van der Waals surface area contributed by atoms with Crippen LogP contribution in [0.4, 0.5) is 0 Å². The number of benzene rings is 4. The maximum atomic E-state index is 12.8. The van der Waals surface area contributed by atoms with Crippen molar-refractivity contribution in [3.63, 3.8) is 0 Å². The van der Waals surface area contributed by atoms with Gasteiger partial charge in [-0.2, -0.15) is 0 Å². The molecule has 4 aromatic carbocycles. The molecule has 1 aromatic heterocycles. The normalized spacial score (nSPS) is 12.1. The van der Waals surface area contributed by atoms with Crippen LogP contribution in [-0.4, -0.2) is 16.6 Å². The number of carbonyl (C=O) groups excluding carboxylic acids is 2. The Morgan fingerprint density at radius 3 is 1.39 bits per heavy atom. The summed E-state index contributed by atoms with van der Waals surface area (Å²) in [4.78, 5) is 29.7. The molecule has 0 aliphatic rings. The highest BCUT2D eigenvalue weighted by molar-refractivity contribution is 6.10. The van der Waals surface area contributed by atoms with Crippen LogP contribution >= 0.6 is 0 Å². The van der Waals surface area contributed by atoms with Gasteiger partial charge in [0.05, 0.1) is 0 Å². The molecule has 0 saturated carbocycles. The second-order valence-corrected chi connectivity index (χ2v) is 8.21. The van der Waals surface area contributed by atoms with E-state index in [0.29, 0.717) is 11.1 Å². The van der Waals surface area contributed by atoms with E-state index in [-0.39, 0.29) is 11.4 Å². The monoisotopic (exact) mass is 469 g/mol. The van der Waals surface area contributed by atoms with Crippen LogP contribution in [0.3, 0.4) is 0 Å². The Bertz CT molecular complexity index is 1570. The Morgan fingerprint density at radius 1 is 0.528 bits per heavy atom. The van der Waals surface area contributed by atoms with Gasteiger partial charge < -0.3 is 10.2 Å². The summed E-state index contributed by atoms with van der Waals surface area (Å²) >= 11 is 0. The summed E-state index contributed by atoms with van der Waals surface area (Å²) in [7, 11) is 0. The van der Waals surface area contributed by atoms with Crippen LogP contribution in [0, 0.1) is 0 Å². The van der Waals surface area contributed by atoms with Gasteiger partial charge >= 0.3 is 0 Å². The van der Waals surface area contributed by atoms with Gasteiger partial charge in [-0.1, -0.05) is 103 Å². The van der Waals surface area contributed by atoms with Gasteiger partial charge in [-0.15, -0.1) is 0 Å². The van der Waals surface area contributed by atoms with Crippen molar-refractivity contribution in [3.05, 3.63) is 138 Å². The highest BCUT2D eigenvalue weighted by Gasteiger charge is 2.11. The molecular weight excluding hydrogens is 450 g/mol. The third kappa shape index (κ3) is 4.50. The number of fused-ring (bicyclic) bond motifs is 2. The zero-order valence-corrected chi connectivity index (χ0v) is 19.0. The van der Waals surface area contributed by atoms with Crippen molar-refractivity contribution in [1.82, 2.24) is 4.98 Å². The van der Waals surface area contributed by atoms with Crippen LogP contribution in [0.15, 0.2) is 115 Å². The lowest BCUT2D eigenvalue weighted by Gasteiger charge is -2.15. The lowest BCUT2D eigenvalue weighted by molar-refractivity contribution is -0.244. The maximum absolute atomic E-state index is 12.8. The summed E-state index contributed by atoms with van der Waals surface area (Å²) in [6.45, 7) is 0. The van der Waals surface area contributed by atoms with E-state index in [1.807, 2.05) is 60.7 Å². The zero-order valence-electron chi connectivity index (χ0n) is 19.0. The molecule has 0 saturated heterocycles. The molecule has 5 nitrogen and oxygen atoms in total. The van der Waals surface area contributed by atoms with Crippen LogP contribution in [0.2, 0.25) is 0 Å². The van der Waals surface area contributed by atoms with E-state index in [1.165, 1.54) is 18.2 Å². The first-order valence-electron chi connectivity index (χ1n) is 11.3. The van der Waals surface area contributed by atoms with Crippen LogP contribution in [0.1, 0.15) is 32.1 Å². The fraction of sp³-hybridized carbons (Fsp3) is 0. The van der Waals surface area contributed by atoms with E-state index in [4.69, 9.17) is 0 Å². The van der Waals surface area contributed by atoms with E-state index in [2.05, 4.69) is 4.98 Å². The molecular formula is C31H19NO4-2. The molecule has 5 heteroatoms. The second-order valence-electron chi connectivity index (χ2n) is 8.21. The molecule has 0 spiro atoms. The average Bonchev–Trinajstić information content (AvgIpc) is 2.92. The molecule has 0 aliphatic heterocycles. The fourth-order valence-electron chi connectivity index (χ4n) is 4.13. The lowest BCUT2D eigenvalue weighted by Crippen LogP contribution is -2.11. The molecule has 0 N–H and O–H groups in total. The van der Waals surface area contributed by atoms with Crippen LogP contribution in [0.5, 0.6) is 0 Å². The maximum Gasteiger partial charge on any atom is 0.203 e. The molecule has 0 aliphatic carbocycles. The summed E-state index contributed by atoms with van der Waals surface area (Å²) in [5.41, 5.74) is 0.700. The predicted octanol–water partition coefficient (Wildman–Crippen LogP) is 4.56. The number of carbonyl (C=O) groups is 2. The summed E-state index contributed by atoms with van der Waals surface area (Å²) in [5.74, 6) is -2.15. The number of pyridine rings is 1. The first-order valence-corrected chi connectivity index (χ1v) is 11.3. The quantitative estimate of drug-likeness (QED) is 0.207. The Hall–Kier alpha value is -5.03. The minimum Gasteiger partial charge on any atom is -0.872 e. The van der Waals surface area contributed by atoms with Gasteiger partial charge in [0, 0.05) is 0 Å². The van der Waals surface area contributed by atoms with Crippen LogP contribution in [-0.2, 0) is 0 Å². The summed E-state index contributed by atoms with van der Waals surface area (Å²) < 4.78 is 0. The molecule has 0 radical (unpaired) electrons. The second kappa shape index (κ2) is 9.68. The van der Waals surface area contributed by atoms with E-state index in [1.54, 1.807) is 24.3 Å². The Balaban J connectivity index is 1.42. The summed E-state index contributed by atoms with van der Waals surface area (Å²) in [6, 6.07) is 29.8. The first-order chi connectivity index (χ1) is 17.5. The van der Waals surface area contributed by atoms with E-state index in [9.17, 15) is 19.8 Å². The van der Waals surface area contributed by atoms with Crippen molar-refractivity contribution in [2.45, 2.75) is 0 Å². The Kier molecular flexibility index (Phi) is 6.12. The average molecular weight is 469 g/mol. The molecule has 0 fully saturated rings. The molecule has 5 rings (SSSR count). The molecule has 0 unspecified atom stereocenters. The van der Waals surface area contributed by atoms with Crippen molar-refractivity contribution in [3.8, 4) is 0 Å². The van der Waals surface area contributed by atoms with Gasteiger partial charge in [0.25, 0.3) is 0 Å². The summed E-state index contributed by atoms with van der Waals surface area (Å²) in [5, 5.41) is 29.0. The van der Waals surface area contributed by atoms with Crippen molar-refractivity contribution in [1.29, 1.82) is 0 Å². The molecule has 0 bridgehead atoms. The highest BCUT2D eigenvalue weighted by atomic mass is 16.3. The van der Waals surface area contributed by atoms with E-state index >= 15 is 0 Å². The van der Waals surface area contributed by atoms with E-state index in [0.717, 1.165) is 33.7 Å². The third-order valence-electron chi connectivity index (χ3n) is 5.89. The standard InChI is InChI=1S/C31H21NO4/c33-28(24-14-5-10-20-8-1-3-12-22(20)24)18-30(35)26-16-7-17-27(32-26)31(36)19-29(34)25-15-6-11-21-9-2-4-13-23(21)25/h1-19,33-34H/p-2/b28-18-,29-19-. The number of ketones is 2. The number of allylic oxidation sites excluding steroid dienone is 2. The Morgan fingerprint density at radius 2 is 0.917 bits per heavy atom. The number of nitrogens with zero attached hydrogens (tertiary/aromatic N) is 1.